The largest absolute Gasteiger partial charge is 0.480 e. The van der Waals surface area contributed by atoms with Crippen LogP contribution in [0.3, 0.4) is 0 Å². The number of carboxylic acid groups (broad SMARTS) is 1. The van der Waals surface area contributed by atoms with Crippen molar-refractivity contribution in [3.8, 4) is 0 Å². The van der Waals surface area contributed by atoms with Crippen molar-refractivity contribution in [1.82, 2.24) is 4.90 Å². The third-order valence-corrected chi connectivity index (χ3v) is 2.39. The molecule has 1 rings (SSSR count). The van der Waals surface area contributed by atoms with E-state index in [9.17, 15) is 9.18 Å². The fourth-order valence-corrected chi connectivity index (χ4v) is 1.55. The van der Waals surface area contributed by atoms with Crippen LogP contribution >= 0.6 is 0 Å². The third-order valence-electron chi connectivity index (χ3n) is 2.39. The number of hydrogen-bond donors (Lipinski definition) is 1. The van der Waals surface area contributed by atoms with E-state index in [1.54, 1.807) is 30.0 Å². The number of rotatable bonds is 6. The van der Waals surface area contributed by atoms with Crippen LogP contribution in [0.5, 0.6) is 0 Å². The zero-order valence-electron chi connectivity index (χ0n) is 9.82. The molecule has 0 amide bonds. The Labute approximate surface area is 100 Å². The third kappa shape index (κ3) is 4.36. The Hall–Kier alpha value is -1.68. The van der Waals surface area contributed by atoms with E-state index in [1.807, 2.05) is 0 Å². The lowest BCUT2D eigenvalue weighted by Crippen LogP contribution is -2.29. The van der Waals surface area contributed by atoms with Crippen LogP contribution in [0.4, 0.5) is 4.39 Å². The maximum atomic E-state index is 13.3. The van der Waals surface area contributed by atoms with E-state index in [2.05, 4.69) is 6.58 Å². The highest BCUT2D eigenvalue weighted by Gasteiger charge is 2.09. The van der Waals surface area contributed by atoms with E-state index in [0.717, 1.165) is 5.56 Å². The van der Waals surface area contributed by atoms with Gasteiger partial charge in [0, 0.05) is 13.1 Å². The van der Waals surface area contributed by atoms with Gasteiger partial charge in [0.2, 0.25) is 0 Å². The maximum Gasteiger partial charge on any atom is 0.317 e. The number of aryl methyl sites for hydroxylation is 1. The first-order chi connectivity index (χ1) is 8.02. The molecular weight excluding hydrogens is 221 g/mol. The van der Waals surface area contributed by atoms with Crippen molar-refractivity contribution in [1.29, 1.82) is 0 Å². The fourth-order valence-electron chi connectivity index (χ4n) is 1.55. The summed E-state index contributed by atoms with van der Waals surface area (Å²) in [6.07, 6.45) is 1.63. The Morgan fingerprint density at radius 2 is 2.29 bits per heavy atom. The van der Waals surface area contributed by atoms with Crippen LogP contribution in [0, 0.1) is 12.7 Å². The summed E-state index contributed by atoms with van der Waals surface area (Å²) in [5.41, 5.74) is 1.35. The highest BCUT2D eigenvalue weighted by atomic mass is 19.1. The summed E-state index contributed by atoms with van der Waals surface area (Å²) >= 11 is 0. The number of nitrogens with zero attached hydrogens (tertiary/aromatic N) is 1. The monoisotopic (exact) mass is 237 g/mol. The average molecular weight is 237 g/mol. The van der Waals surface area contributed by atoms with E-state index < -0.39 is 5.97 Å². The highest BCUT2D eigenvalue weighted by Crippen LogP contribution is 2.11. The predicted molar refractivity (Wildman–Crippen MR) is 64.2 cm³/mol. The van der Waals surface area contributed by atoms with Crippen LogP contribution < -0.4 is 0 Å². The molecule has 0 fully saturated rings. The molecule has 17 heavy (non-hydrogen) atoms. The molecule has 0 aliphatic carbocycles. The van der Waals surface area contributed by atoms with Crippen molar-refractivity contribution in [2.24, 2.45) is 0 Å². The van der Waals surface area contributed by atoms with Crippen molar-refractivity contribution in [2.45, 2.75) is 13.5 Å². The summed E-state index contributed by atoms with van der Waals surface area (Å²) in [5.74, 6) is -1.17. The quantitative estimate of drug-likeness (QED) is 0.771. The van der Waals surface area contributed by atoms with Gasteiger partial charge >= 0.3 is 5.97 Å². The molecule has 0 heterocycles. The van der Waals surface area contributed by atoms with Crippen molar-refractivity contribution >= 4 is 5.97 Å². The number of halogens is 1. The van der Waals surface area contributed by atoms with Gasteiger partial charge in [-0.25, -0.2) is 4.39 Å². The lowest BCUT2D eigenvalue weighted by Gasteiger charge is -2.18. The molecule has 0 bridgehead atoms. The lowest BCUT2D eigenvalue weighted by atomic mass is 10.1. The van der Waals surface area contributed by atoms with Gasteiger partial charge in [0.05, 0.1) is 6.54 Å². The number of hydrogen-bond acceptors (Lipinski definition) is 2. The number of benzene rings is 1. The molecule has 4 heteroatoms. The molecule has 0 aromatic heterocycles. The Bertz CT molecular complexity index is 418. The average Bonchev–Trinajstić information content (AvgIpc) is 2.23. The van der Waals surface area contributed by atoms with Gasteiger partial charge in [0.1, 0.15) is 5.82 Å². The molecule has 0 unspecified atom stereocenters. The Morgan fingerprint density at radius 3 is 2.82 bits per heavy atom. The molecule has 0 saturated carbocycles. The molecule has 92 valence electrons. The molecule has 1 N–H and O–H groups in total. The van der Waals surface area contributed by atoms with Crippen molar-refractivity contribution < 1.29 is 14.3 Å². The first-order valence-corrected chi connectivity index (χ1v) is 5.33. The summed E-state index contributed by atoms with van der Waals surface area (Å²) in [6.45, 7) is 6.04. The molecule has 0 aliphatic rings. The summed E-state index contributed by atoms with van der Waals surface area (Å²) < 4.78 is 13.3. The van der Waals surface area contributed by atoms with Crippen LogP contribution in [-0.2, 0) is 11.3 Å². The summed E-state index contributed by atoms with van der Waals surface area (Å²) in [5, 5.41) is 8.74. The van der Waals surface area contributed by atoms with Crippen molar-refractivity contribution in [3.05, 3.63) is 47.8 Å². The normalized spacial score (nSPS) is 10.5. The topological polar surface area (TPSA) is 40.5 Å². The van der Waals surface area contributed by atoms with Gasteiger partial charge in [-0.1, -0.05) is 18.2 Å². The zero-order valence-corrected chi connectivity index (χ0v) is 9.82. The second-order valence-corrected chi connectivity index (χ2v) is 3.94. The molecule has 0 atom stereocenters. The van der Waals surface area contributed by atoms with Crippen LogP contribution in [0.15, 0.2) is 30.9 Å². The SMILES string of the molecule is C=CCN(CC(=O)O)Cc1ccc(C)c(F)c1. The van der Waals surface area contributed by atoms with Crippen LogP contribution in [0.2, 0.25) is 0 Å². The summed E-state index contributed by atoms with van der Waals surface area (Å²) in [7, 11) is 0. The number of aliphatic carboxylic acids is 1. The first-order valence-electron chi connectivity index (χ1n) is 5.33. The van der Waals surface area contributed by atoms with Gasteiger partial charge in [-0.15, -0.1) is 6.58 Å². The molecule has 1 aromatic carbocycles. The second-order valence-electron chi connectivity index (χ2n) is 3.94. The minimum absolute atomic E-state index is 0.0818. The minimum Gasteiger partial charge on any atom is -0.480 e. The van der Waals surface area contributed by atoms with Gasteiger partial charge in [-0.2, -0.15) is 0 Å². The number of carbonyl (C=O) groups is 1. The lowest BCUT2D eigenvalue weighted by molar-refractivity contribution is -0.138. The van der Waals surface area contributed by atoms with Crippen LogP contribution in [0.1, 0.15) is 11.1 Å². The van der Waals surface area contributed by atoms with E-state index in [0.29, 0.717) is 18.7 Å². The smallest absolute Gasteiger partial charge is 0.317 e. The van der Waals surface area contributed by atoms with Gasteiger partial charge in [0.15, 0.2) is 0 Å². The minimum atomic E-state index is -0.903. The molecule has 0 aliphatic heterocycles. The van der Waals surface area contributed by atoms with Gasteiger partial charge in [-0.3, -0.25) is 9.69 Å². The standard InChI is InChI=1S/C13H16FNO2/c1-3-6-15(9-13(16)17)8-11-5-4-10(2)12(14)7-11/h3-5,7H,1,6,8-9H2,2H3,(H,16,17). The molecule has 0 saturated heterocycles. The molecule has 0 spiro atoms. The molecule has 3 nitrogen and oxygen atoms in total. The van der Waals surface area contributed by atoms with Crippen molar-refractivity contribution in [2.75, 3.05) is 13.1 Å². The van der Waals surface area contributed by atoms with E-state index in [1.165, 1.54) is 6.07 Å². The Morgan fingerprint density at radius 1 is 1.59 bits per heavy atom. The van der Waals surface area contributed by atoms with E-state index >= 15 is 0 Å². The fraction of sp³-hybridized carbons (Fsp3) is 0.308. The first kappa shape index (κ1) is 13.4. The van der Waals surface area contributed by atoms with Crippen molar-refractivity contribution in [3.63, 3.8) is 0 Å². The Kier molecular flexibility index (Phi) is 4.84. The number of carboxylic acids is 1. The van der Waals surface area contributed by atoms with Gasteiger partial charge in [0.25, 0.3) is 0 Å². The van der Waals surface area contributed by atoms with Crippen LogP contribution in [0.25, 0.3) is 0 Å². The molecule has 0 radical (unpaired) electrons. The van der Waals surface area contributed by atoms with Gasteiger partial charge in [-0.05, 0) is 24.1 Å². The highest BCUT2D eigenvalue weighted by molar-refractivity contribution is 5.69. The second kappa shape index (κ2) is 6.15. The van der Waals surface area contributed by atoms with Gasteiger partial charge < -0.3 is 5.11 Å². The predicted octanol–water partition coefficient (Wildman–Crippen LogP) is 2.21. The van der Waals surface area contributed by atoms with E-state index in [4.69, 9.17) is 5.11 Å². The maximum absolute atomic E-state index is 13.3. The van der Waals surface area contributed by atoms with E-state index in [-0.39, 0.29) is 12.4 Å². The van der Waals surface area contributed by atoms with Crippen LogP contribution in [-0.4, -0.2) is 29.1 Å². The summed E-state index contributed by atoms with van der Waals surface area (Å²) in [6, 6.07) is 4.93. The summed E-state index contributed by atoms with van der Waals surface area (Å²) in [4.78, 5) is 12.3. The Balaban J connectivity index is 2.74. The molecular formula is C13H16FNO2. The molecule has 1 aromatic rings. The zero-order chi connectivity index (χ0) is 12.8.